The quantitative estimate of drug-likeness (QED) is 0.119. The first-order chi connectivity index (χ1) is 43.0. The normalized spacial score (nSPS) is 23.1. The zero-order valence-electron chi connectivity index (χ0n) is 53.5. The Kier molecular flexibility index (Phi) is 24.6. The molecule has 482 valence electrons. The summed E-state index contributed by atoms with van der Waals surface area (Å²) in [6, 6.07) is 24.9. The van der Waals surface area contributed by atoms with Gasteiger partial charge in [0.15, 0.2) is 11.5 Å². The number of likely N-dealkylation sites (N-methyl/N-ethyl adjacent to an activating group) is 3. The number of hydrogen-bond acceptors (Lipinski definition) is 14. The van der Waals surface area contributed by atoms with Gasteiger partial charge in [-0.1, -0.05) is 111 Å². The number of Topliss-reactive ketones (excluding diaryl/α,β-unsaturated/α-hetero) is 2. The van der Waals surface area contributed by atoms with Crippen LogP contribution >= 0.6 is 0 Å². The van der Waals surface area contributed by atoms with Crippen LogP contribution in [0.15, 0.2) is 115 Å². The lowest BCUT2D eigenvalue weighted by atomic mass is 9.87. The van der Waals surface area contributed by atoms with E-state index < -0.39 is 95.6 Å². The van der Waals surface area contributed by atoms with Crippen molar-refractivity contribution in [3.05, 3.63) is 143 Å². The molecule has 1 unspecified atom stereocenters. The number of nitrogens with one attached hydrogen (secondary N) is 1. The summed E-state index contributed by atoms with van der Waals surface area (Å²) in [5.74, 6) is -5.03. The van der Waals surface area contributed by atoms with E-state index in [4.69, 9.17) is 18.9 Å². The molecule has 0 spiro atoms. The molecule has 4 aromatic rings. The van der Waals surface area contributed by atoms with Crippen molar-refractivity contribution in [2.45, 2.75) is 147 Å². The van der Waals surface area contributed by atoms with Crippen LogP contribution in [0.5, 0.6) is 11.5 Å². The Morgan fingerprint density at radius 1 is 0.644 bits per heavy atom. The van der Waals surface area contributed by atoms with Crippen molar-refractivity contribution in [3.63, 3.8) is 0 Å². The number of amides is 6. The van der Waals surface area contributed by atoms with Crippen LogP contribution in [0.3, 0.4) is 0 Å². The van der Waals surface area contributed by atoms with Gasteiger partial charge in [0.1, 0.15) is 48.7 Å². The van der Waals surface area contributed by atoms with Crippen LogP contribution in [0.1, 0.15) is 132 Å². The Balaban J connectivity index is 1.20. The van der Waals surface area contributed by atoms with E-state index in [0.29, 0.717) is 66.7 Å². The maximum absolute atomic E-state index is 15.2. The minimum atomic E-state index is -1.50. The second kappa shape index (κ2) is 32.2. The molecule has 0 saturated carbocycles. The van der Waals surface area contributed by atoms with Crippen molar-refractivity contribution in [2.24, 2.45) is 11.3 Å². The van der Waals surface area contributed by atoms with Gasteiger partial charge in [-0.2, -0.15) is 0 Å². The number of carbonyl (C=O) groups excluding carboxylic acids is 10. The van der Waals surface area contributed by atoms with E-state index >= 15 is 9.59 Å². The van der Waals surface area contributed by atoms with Crippen LogP contribution in [0.25, 0.3) is 0 Å². The molecule has 3 aliphatic rings. The molecule has 20 nitrogen and oxygen atoms in total. The average molecular weight is 1240 g/mol. The molecule has 0 aliphatic carbocycles. The molecule has 3 heterocycles. The van der Waals surface area contributed by atoms with Crippen LogP contribution < -0.4 is 14.8 Å². The molecule has 2 saturated heterocycles. The lowest BCUT2D eigenvalue weighted by Gasteiger charge is -2.37. The molecule has 1 N–H and O–H groups in total. The fourth-order valence-corrected chi connectivity index (χ4v) is 11.8. The number of ketones is 2. The minimum Gasteiger partial charge on any atom is -0.493 e. The molecule has 3 aliphatic heterocycles. The van der Waals surface area contributed by atoms with Crippen LogP contribution in [-0.2, 0) is 76.7 Å². The highest BCUT2D eigenvalue weighted by Crippen LogP contribution is 2.33. The predicted octanol–water partition coefficient (Wildman–Crippen LogP) is 7.54. The third-order valence-electron chi connectivity index (χ3n) is 17.1. The molecule has 20 heteroatoms. The van der Waals surface area contributed by atoms with E-state index in [0.717, 1.165) is 11.1 Å². The summed E-state index contributed by atoms with van der Waals surface area (Å²) in [4.78, 5) is 150. The second-order valence-electron chi connectivity index (χ2n) is 24.7. The SMILES string of the molecule is COc1ccc(CC[C@H]2OC(=O)C3CCCCN3C(=O)C(=O)C(C)(C)COC(=O)C=CCCN(C)C(=O)[C@H](CC(C)C)N(C)C(=O)[C@H]3CCCN3C(=O)[C@H](Cc3ccccc3)N(C)C(=O)[C@H](c3ccccc3)NC(=O)CCC(=O)Cc3cccc2c3)cc1OC. The Bertz CT molecular complexity index is 3240. The van der Waals surface area contributed by atoms with Gasteiger partial charge in [-0.3, -0.25) is 38.4 Å². The van der Waals surface area contributed by atoms with E-state index in [2.05, 4.69) is 5.32 Å². The van der Waals surface area contributed by atoms with Crippen molar-refractivity contribution in [1.82, 2.24) is 29.8 Å². The summed E-state index contributed by atoms with van der Waals surface area (Å²) < 4.78 is 22.9. The number of hydrogen-bond donors (Lipinski definition) is 1. The first-order valence-electron chi connectivity index (χ1n) is 31.2. The topological polar surface area (TPSA) is 236 Å². The number of aryl methyl sites for hydroxylation is 1. The molecule has 2 bridgehead atoms. The van der Waals surface area contributed by atoms with Gasteiger partial charge in [-0.05, 0) is 118 Å². The first-order valence-corrected chi connectivity index (χ1v) is 31.2. The molecule has 4 aromatic carbocycles. The number of piperidine rings is 1. The Hall–Kier alpha value is -8.68. The fourth-order valence-electron chi connectivity index (χ4n) is 11.8. The van der Waals surface area contributed by atoms with E-state index in [-0.39, 0.29) is 82.2 Å². The van der Waals surface area contributed by atoms with Gasteiger partial charge in [-0.25, -0.2) is 9.59 Å². The number of ether oxygens (including phenoxy) is 4. The largest absolute Gasteiger partial charge is 0.493 e. The average Bonchev–Trinajstić information content (AvgIpc) is 1.52. The number of methoxy groups -OCH3 is 2. The van der Waals surface area contributed by atoms with E-state index in [1.807, 2.05) is 56.3 Å². The Labute approximate surface area is 528 Å². The number of benzene rings is 4. The summed E-state index contributed by atoms with van der Waals surface area (Å²) in [7, 11) is 7.73. The third-order valence-corrected chi connectivity index (χ3v) is 17.1. The van der Waals surface area contributed by atoms with Crippen LogP contribution in [-0.4, -0.2) is 169 Å². The molecule has 2 fully saturated rings. The smallest absolute Gasteiger partial charge is 0.330 e. The molecule has 90 heavy (non-hydrogen) atoms. The van der Waals surface area contributed by atoms with Crippen molar-refractivity contribution in [1.29, 1.82) is 0 Å². The number of rotatable bonds is 10. The lowest BCUT2D eigenvalue weighted by Crippen LogP contribution is -2.58. The number of nitrogens with zero attached hydrogens (tertiary/aromatic N) is 5. The van der Waals surface area contributed by atoms with Gasteiger partial charge in [0.2, 0.25) is 35.3 Å². The molecular formula is C70H88N6O14. The molecule has 6 atom stereocenters. The summed E-state index contributed by atoms with van der Waals surface area (Å²) in [6.07, 6.45) is 4.60. The van der Waals surface area contributed by atoms with Gasteiger partial charge in [0.25, 0.3) is 5.91 Å². The lowest BCUT2D eigenvalue weighted by molar-refractivity contribution is -0.165. The highest BCUT2D eigenvalue weighted by molar-refractivity contribution is 6.38. The van der Waals surface area contributed by atoms with Crippen molar-refractivity contribution in [3.8, 4) is 11.5 Å². The minimum absolute atomic E-state index is 0.0234. The maximum Gasteiger partial charge on any atom is 0.330 e. The van der Waals surface area contributed by atoms with Crippen LogP contribution in [0, 0.1) is 11.3 Å². The maximum atomic E-state index is 15.2. The summed E-state index contributed by atoms with van der Waals surface area (Å²) >= 11 is 0. The second-order valence-corrected chi connectivity index (χ2v) is 24.7. The van der Waals surface area contributed by atoms with Crippen molar-refractivity contribution < 1.29 is 66.9 Å². The predicted molar refractivity (Wildman–Crippen MR) is 336 cm³/mol. The summed E-state index contributed by atoms with van der Waals surface area (Å²) in [6.45, 7) is 6.87. The fraction of sp³-hybridized carbons (Fsp3) is 0.486. The summed E-state index contributed by atoms with van der Waals surface area (Å²) in [5.41, 5.74) is 1.66. The molecular weight excluding hydrogens is 1150 g/mol. The standard InChI is InChI=1S/C70H88N6O14/c1-46(2)40-55-64(81)72(5)37-18-17-30-61(79)89-45-70(3,4)63(80)68(85)76-38-19-16-28-54(76)69(86)90-57(34-31-48-32-35-58(87-8)59(44-48)88-9)51-27-20-24-49(41-51)42-52(77)33-36-60(78)71-62(50-25-14-11-15-26-50)67(84)74(7)56(43-47-22-12-10-13-23-47)66(83)75-39-21-29-53(75)65(82)73(55)6/h10-15,17,20,22-27,30,32,35,41,44,46,53-57,62H,16,18-19,21,28-29,31,33-34,36-40,42-43,45H2,1-9H3,(H,71,78)/t53-,54?,55+,56+,57-,62+/m1/s1. The third kappa shape index (κ3) is 18.0. The first kappa shape index (κ1) is 68.8. The van der Waals surface area contributed by atoms with Gasteiger partial charge in [0, 0.05) is 72.5 Å². The van der Waals surface area contributed by atoms with Gasteiger partial charge in [0.05, 0.1) is 19.6 Å². The van der Waals surface area contributed by atoms with E-state index in [1.54, 1.807) is 74.8 Å². The number of esters is 2. The highest BCUT2D eigenvalue weighted by Gasteiger charge is 2.45. The molecule has 0 radical (unpaired) electrons. The number of carbonyl (C=O) groups is 10. The Morgan fingerprint density at radius 3 is 2.01 bits per heavy atom. The van der Waals surface area contributed by atoms with Crippen LogP contribution in [0.4, 0.5) is 0 Å². The number of cyclic esters (lactones) is 2. The molecule has 6 amide bonds. The monoisotopic (exact) mass is 1240 g/mol. The molecule has 7 rings (SSSR count). The zero-order valence-corrected chi connectivity index (χ0v) is 53.5. The van der Waals surface area contributed by atoms with Gasteiger partial charge in [-0.15, -0.1) is 0 Å². The van der Waals surface area contributed by atoms with Gasteiger partial charge < -0.3 is 48.8 Å². The highest BCUT2D eigenvalue weighted by atomic mass is 16.5. The van der Waals surface area contributed by atoms with E-state index in [9.17, 15) is 38.4 Å². The van der Waals surface area contributed by atoms with Crippen molar-refractivity contribution >= 4 is 58.9 Å². The summed E-state index contributed by atoms with van der Waals surface area (Å²) in [5, 5.41) is 2.87. The Morgan fingerprint density at radius 2 is 1.31 bits per heavy atom. The van der Waals surface area contributed by atoms with Gasteiger partial charge >= 0.3 is 11.9 Å². The van der Waals surface area contributed by atoms with Crippen molar-refractivity contribution in [2.75, 3.05) is 61.6 Å². The number of fused-ring (bicyclic) bond motifs is 4. The molecule has 0 aromatic heterocycles. The van der Waals surface area contributed by atoms with Crippen LogP contribution in [0.2, 0.25) is 0 Å². The zero-order chi connectivity index (χ0) is 65.2. The van der Waals surface area contributed by atoms with E-state index in [1.165, 1.54) is 71.8 Å².